The van der Waals surface area contributed by atoms with Crippen molar-refractivity contribution in [3.05, 3.63) is 121 Å². The summed E-state index contributed by atoms with van der Waals surface area (Å²) in [6, 6.07) is 39.3. The first-order valence-corrected chi connectivity index (χ1v) is 12.9. The van der Waals surface area contributed by atoms with Crippen molar-refractivity contribution >= 4 is 37.1 Å². The molecule has 0 saturated carbocycles. The van der Waals surface area contributed by atoms with Crippen LogP contribution >= 0.6 is 15.8 Å². The number of ether oxygens (including phenoxy) is 2. The van der Waals surface area contributed by atoms with Gasteiger partial charge in [-0.05, 0) is 21.2 Å². The van der Waals surface area contributed by atoms with E-state index in [4.69, 9.17) is 9.47 Å². The highest BCUT2D eigenvalue weighted by molar-refractivity contribution is 7.90. The van der Waals surface area contributed by atoms with Gasteiger partial charge in [0.05, 0.1) is 15.8 Å². The SMILES string of the molecule is N#COC(OC#N)(P(c1ccccc1)c1ccccc1)P(c1ccccc1)c1ccccc1. The quantitative estimate of drug-likeness (QED) is 0.211. The van der Waals surface area contributed by atoms with E-state index in [9.17, 15) is 10.5 Å². The van der Waals surface area contributed by atoms with Crippen molar-refractivity contribution in [2.24, 2.45) is 0 Å². The highest BCUT2D eigenvalue weighted by Gasteiger charge is 2.54. The van der Waals surface area contributed by atoms with Crippen LogP contribution in [0.3, 0.4) is 0 Å². The van der Waals surface area contributed by atoms with E-state index in [1.165, 1.54) is 0 Å². The van der Waals surface area contributed by atoms with Gasteiger partial charge in [0, 0.05) is 0 Å². The van der Waals surface area contributed by atoms with E-state index in [2.05, 4.69) is 0 Å². The smallest absolute Gasteiger partial charge is 0.324 e. The molecule has 0 aliphatic heterocycles. The summed E-state index contributed by atoms with van der Waals surface area (Å²) in [4.78, 5) is 0. The Balaban J connectivity index is 2.06. The average Bonchev–Trinajstić information content (AvgIpc) is 2.87. The first-order chi connectivity index (χ1) is 16.3. The van der Waals surface area contributed by atoms with Crippen molar-refractivity contribution in [1.82, 2.24) is 0 Å². The zero-order valence-electron chi connectivity index (χ0n) is 17.7. The average molecular weight is 466 g/mol. The molecule has 0 fully saturated rings. The van der Waals surface area contributed by atoms with Gasteiger partial charge in [0.25, 0.3) is 12.5 Å². The minimum atomic E-state index is -1.54. The summed E-state index contributed by atoms with van der Waals surface area (Å²) in [5, 5.41) is 22.0. The predicted molar refractivity (Wildman–Crippen MR) is 134 cm³/mol. The van der Waals surface area contributed by atoms with Crippen molar-refractivity contribution in [1.29, 1.82) is 10.5 Å². The monoisotopic (exact) mass is 466 g/mol. The summed E-state index contributed by atoms with van der Waals surface area (Å²) < 4.78 is 11.9. The van der Waals surface area contributed by atoms with E-state index in [1.807, 2.05) is 134 Å². The lowest BCUT2D eigenvalue weighted by Gasteiger charge is -2.41. The lowest BCUT2D eigenvalue weighted by molar-refractivity contribution is -0.00808. The number of benzene rings is 4. The fourth-order valence-corrected chi connectivity index (χ4v) is 10.2. The van der Waals surface area contributed by atoms with E-state index < -0.39 is 21.1 Å². The Morgan fingerprint density at radius 2 is 0.697 bits per heavy atom. The Morgan fingerprint density at radius 1 is 0.455 bits per heavy atom. The highest BCUT2D eigenvalue weighted by Crippen LogP contribution is 2.66. The maximum atomic E-state index is 9.87. The van der Waals surface area contributed by atoms with Crippen LogP contribution in [0.25, 0.3) is 0 Å². The summed E-state index contributed by atoms with van der Waals surface area (Å²) in [5.74, 6) is 0. The Kier molecular flexibility index (Phi) is 7.34. The summed E-state index contributed by atoms with van der Waals surface area (Å²) in [6.45, 7) is 0. The maximum Gasteiger partial charge on any atom is 0.324 e. The number of nitrogens with zero attached hydrogens (tertiary/aromatic N) is 2. The van der Waals surface area contributed by atoms with E-state index in [0.29, 0.717) is 0 Å². The van der Waals surface area contributed by atoms with Gasteiger partial charge < -0.3 is 9.47 Å². The molecule has 0 heterocycles. The third-order valence-corrected chi connectivity index (χ3v) is 10.9. The molecule has 4 nitrogen and oxygen atoms in total. The van der Waals surface area contributed by atoms with Crippen LogP contribution in [0.5, 0.6) is 0 Å². The first-order valence-electron chi connectivity index (χ1n) is 10.2. The van der Waals surface area contributed by atoms with E-state index in [-0.39, 0.29) is 0 Å². The van der Waals surface area contributed by atoms with Gasteiger partial charge in [-0.25, -0.2) is 0 Å². The number of hydrogen-bond acceptors (Lipinski definition) is 4. The standard InChI is InChI=1S/C27H20N2O2P2/c28-21-30-27(31-22-29,32(23-13-5-1-6-14-23)24-15-7-2-8-16-24)33(25-17-9-3-10-18-25)26-19-11-4-12-20-26/h1-20H. The fourth-order valence-electron chi connectivity index (χ4n) is 3.68. The van der Waals surface area contributed by atoms with Crippen LogP contribution in [0.15, 0.2) is 121 Å². The Hall–Kier alpha value is -3.68. The van der Waals surface area contributed by atoms with Crippen LogP contribution in [0.4, 0.5) is 0 Å². The molecule has 0 amide bonds. The largest absolute Gasteiger partial charge is 0.372 e. The summed E-state index contributed by atoms with van der Waals surface area (Å²) in [7, 11) is -2.92. The van der Waals surface area contributed by atoms with Gasteiger partial charge in [0.1, 0.15) is 0 Å². The third-order valence-electron chi connectivity index (χ3n) is 4.98. The molecule has 6 heteroatoms. The highest BCUT2D eigenvalue weighted by atomic mass is 31.2. The second-order valence-electron chi connectivity index (χ2n) is 6.95. The molecule has 0 radical (unpaired) electrons. The molecule has 4 aromatic rings. The second-order valence-corrected chi connectivity index (χ2v) is 11.9. The fraction of sp³-hybridized carbons (Fsp3) is 0.0370. The molecular weight excluding hydrogens is 446 g/mol. The molecular formula is C27H20N2O2P2. The number of rotatable bonds is 8. The Morgan fingerprint density at radius 3 is 0.909 bits per heavy atom. The van der Waals surface area contributed by atoms with Crippen molar-refractivity contribution < 1.29 is 9.47 Å². The molecule has 0 N–H and O–H groups in total. The third kappa shape index (κ3) is 4.74. The molecule has 33 heavy (non-hydrogen) atoms. The Labute approximate surface area is 196 Å². The molecule has 0 aliphatic carbocycles. The van der Waals surface area contributed by atoms with Crippen LogP contribution in [0.2, 0.25) is 0 Å². The van der Waals surface area contributed by atoms with Gasteiger partial charge in [0.15, 0.2) is 0 Å². The molecule has 0 spiro atoms. The van der Waals surface area contributed by atoms with Crippen molar-refractivity contribution in [3.63, 3.8) is 0 Å². The summed E-state index contributed by atoms with van der Waals surface area (Å²) in [6.07, 6.45) is 3.78. The zero-order chi connectivity index (χ0) is 22.9. The molecule has 0 aliphatic rings. The van der Waals surface area contributed by atoms with E-state index >= 15 is 0 Å². The molecule has 4 rings (SSSR count). The predicted octanol–water partition coefficient (Wildman–Crippen LogP) is 4.86. The summed E-state index contributed by atoms with van der Waals surface area (Å²) in [5.41, 5.74) is 0. The van der Waals surface area contributed by atoms with Gasteiger partial charge in [-0.1, -0.05) is 121 Å². The van der Waals surface area contributed by atoms with E-state index in [1.54, 1.807) is 0 Å². The zero-order valence-corrected chi connectivity index (χ0v) is 19.4. The van der Waals surface area contributed by atoms with Gasteiger partial charge in [-0.2, -0.15) is 10.5 Å². The van der Waals surface area contributed by atoms with Crippen LogP contribution in [0.1, 0.15) is 0 Å². The van der Waals surface area contributed by atoms with Gasteiger partial charge in [-0.3, -0.25) is 0 Å². The molecule has 160 valence electrons. The summed E-state index contributed by atoms with van der Waals surface area (Å²) >= 11 is 0. The van der Waals surface area contributed by atoms with Crippen LogP contribution in [-0.4, -0.2) is 5.27 Å². The van der Waals surface area contributed by atoms with E-state index in [0.717, 1.165) is 21.2 Å². The topological polar surface area (TPSA) is 66.0 Å². The second kappa shape index (κ2) is 10.8. The number of nitriles is 2. The first kappa shape index (κ1) is 22.5. The van der Waals surface area contributed by atoms with Crippen LogP contribution < -0.4 is 21.2 Å². The number of hydrogen-bond donors (Lipinski definition) is 0. The van der Waals surface area contributed by atoms with Crippen LogP contribution in [0, 0.1) is 23.0 Å². The molecule has 0 saturated heterocycles. The minimum Gasteiger partial charge on any atom is -0.372 e. The Bertz CT molecular complexity index is 1060. The van der Waals surface area contributed by atoms with Crippen molar-refractivity contribution in [3.8, 4) is 12.5 Å². The molecule has 0 unspecified atom stereocenters. The lowest BCUT2D eigenvalue weighted by atomic mass is 10.4. The van der Waals surface area contributed by atoms with Gasteiger partial charge in [0.2, 0.25) is 0 Å². The maximum absolute atomic E-state index is 9.87. The molecule has 0 atom stereocenters. The minimum absolute atomic E-state index is 0.948. The molecule has 0 aromatic heterocycles. The van der Waals surface area contributed by atoms with Crippen molar-refractivity contribution in [2.75, 3.05) is 0 Å². The normalized spacial score (nSPS) is 10.9. The molecule has 0 bridgehead atoms. The van der Waals surface area contributed by atoms with Crippen molar-refractivity contribution in [2.45, 2.75) is 5.27 Å². The molecule has 4 aromatic carbocycles. The van der Waals surface area contributed by atoms with Gasteiger partial charge >= 0.3 is 5.27 Å². The lowest BCUT2D eigenvalue weighted by Crippen LogP contribution is -2.42. The van der Waals surface area contributed by atoms with Gasteiger partial charge in [-0.15, -0.1) is 0 Å². The van der Waals surface area contributed by atoms with Crippen LogP contribution in [-0.2, 0) is 9.47 Å².